The fourth-order valence-corrected chi connectivity index (χ4v) is 1.05. The third-order valence-corrected chi connectivity index (χ3v) is 1.69. The molecule has 0 aliphatic heterocycles. The van der Waals surface area contributed by atoms with E-state index in [1.165, 1.54) is 0 Å². The number of amides is 1. The van der Waals surface area contributed by atoms with Crippen molar-refractivity contribution in [1.29, 1.82) is 0 Å². The van der Waals surface area contributed by atoms with Crippen LogP contribution in [0, 0.1) is 0 Å². The van der Waals surface area contributed by atoms with Crippen LogP contribution >= 0.6 is 0 Å². The van der Waals surface area contributed by atoms with Crippen molar-refractivity contribution in [1.82, 2.24) is 0 Å². The van der Waals surface area contributed by atoms with E-state index >= 15 is 0 Å². The molecule has 0 unspecified atom stereocenters. The molecule has 0 radical (unpaired) electrons. The normalized spacial score (nSPS) is 9.80. The summed E-state index contributed by atoms with van der Waals surface area (Å²) in [6.45, 7) is 3.58. The van der Waals surface area contributed by atoms with E-state index < -0.39 is 0 Å². The van der Waals surface area contributed by atoms with Gasteiger partial charge in [0.25, 0.3) is 0 Å². The summed E-state index contributed by atoms with van der Waals surface area (Å²) in [5.41, 5.74) is 1.12. The Kier molecular flexibility index (Phi) is 3.85. The van der Waals surface area contributed by atoms with Crippen molar-refractivity contribution in [2.75, 3.05) is 5.32 Å². The number of ether oxygens (including phenoxy) is 1. The fourth-order valence-electron chi connectivity index (χ4n) is 1.05. The van der Waals surface area contributed by atoms with Gasteiger partial charge in [0.1, 0.15) is 0 Å². The summed E-state index contributed by atoms with van der Waals surface area (Å²) in [7, 11) is 0. The maximum atomic E-state index is 11.4. The standard InChI is InChI=1S/C11H13NO3/c1-8(2)15-11(14)9-3-5-10(6-4-9)12-7-13/h3-8H,1-2H3,(H,12,13). The first-order chi connectivity index (χ1) is 7.13. The molecular weight excluding hydrogens is 194 g/mol. The zero-order valence-electron chi connectivity index (χ0n) is 8.69. The molecule has 15 heavy (non-hydrogen) atoms. The lowest BCUT2D eigenvalue weighted by molar-refractivity contribution is -0.105. The molecular formula is C11H13NO3. The quantitative estimate of drug-likeness (QED) is 0.605. The zero-order valence-corrected chi connectivity index (χ0v) is 8.69. The third-order valence-electron chi connectivity index (χ3n) is 1.69. The maximum absolute atomic E-state index is 11.4. The van der Waals surface area contributed by atoms with Crippen LogP contribution in [-0.4, -0.2) is 18.5 Å². The molecule has 4 heteroatoms. The van der Waals surface area contributed by atoms with Crippen LogP contribution in [0.25, 0.3) is 0 Å². The van der Waals surface area contributed by atoms with Crippen LogP contribution in [0.5, 0.6) is 0 Å². The van der Waals surface area contributed by atoms with Gasteiger partial charge in [0.15, 0.2) is 0 Å². The highest BCUT2D eigenvalue weighted by atomic mass is 16.5. The number of nitrogens with one attached hydrogen (secondary N) is 1. The van der Waals surface area contributed by atoms with Crippen LogP contribution in [0.2, 0.25) is 0 Å². The Balaban J connectivity index is 2.70. The molecule has 0 saturated heterocycles. The van der Waals surface area contributed by atoms with Crippen molar-refractivity contribution in [3.05, 3.63) is 29.8 Å². The SMILES string of the molecule is CC(C)OC(=O)c1ccc(NC=O)cc1. The van der Waals surface area contributed by atoms with Gasteiger partial charge in [-0.1, -0.05) is 0 Å². The molecule has 80 valence electrons. The average Bonchev–Trinajstić information content (AvgIpc) is 2.18. The molecule has 0 bridgehead atoms. The van der Waals surface area contributed by atoms with Crippen molar-refractivity contribution >= 4 is 18.1 Å². The van der Waals surface area contributed by atoms with Gasteiger partial charge in [-0.3, -0.25) is 4.79 Å². The molecule has 0 atom stereocenters. The van der Waals surface area contributed by atoms with Gasteiger partial charge in [0.2, 0.25) is 6.41 Å². The Labute approximate surface area is 88.2 Å². The van der Waals surface area contributed by atoms with Gasteiger partial charge in [0.05, 0.1) is 11.7 Å². The molecule has 0 aliphatic carbocycles. The molecule has 0 saturated carbocycles. The third kappa shape index (κ3) is 3.42. The summed E-state index contributed by atoms with van der Waals surface area (Å²) in [6.07, 6.45) is 0.451. The molecule has 1 amide bonds. The van der Waals surface area contributed by atoms with Gasteiger partial charge in [0, 0.05) is 5.69 Å². The summed E-state index contributed by atoms with van der Waals surface area (Å²) in [4.78, 5) is 21.5. The Morgan fingerprint density at radius 2 is 1.93 bits per heavy atom. The lowest BCUT2D eigenvalue weighted by Gasteiger charge is -2.07. The lowest BCUT2D eigenvalue weighted by Crippen LogP contribution is -2.11. The van der Waals surface area contributed by atoms with E-state index in [0.29, 0.717) is 17.7 Å². The zero-order chi connectivity index (χ0) is 11.3. The van der Waals surface area contributed by atoms with E-state index in [1.807, 2.05) is 0 Å². The number of hydrogen-bond donors (Lipinski definition) is 1. The van der Waals surface area contributed by atoms with Crippen LogP contribution in [0.4, 0.5) is 5.69 Å². The molecule has 0 heterocycles. The van der Waals surface area contributed by atoms with Crippen molar-refractivity contribution in [3.63, 3.8) is 0 Å². The van der Waals surface area contributed by atoms with Crippen molar-refractivity contribution in [2.24, 2.45) is 0 Å². The predicted molar refractivity (Wildman–Crippen MR) is 56.7 cm³/mol. The second-order valence-electron chi connectivity index (χ2n) is 3.29. The van der Waals surface area contributed by atoms with Crippen LogP contribution in [-0.2, 0) is 9.53 Å². The van der Waals surface area contributed by atoms with Crippen molar-refractivity contribution in [2.45, 2.75) is 20.0 Å². The highest BCUT2D eigenvalue weighted by Gasteiger charge is 2.08. The van der Waals surface area contributed by atoms with Gasteiger partial charge in [-0.2, -0.15) is 0 Å². The lowest BCUT2D eigenvalue weighted by atomic mass is 10.2. The summed E-state index contributed by atoms with van der Waals surface area (Å²) in [6, 6.07) is 6.50. The smallest absolute Gasteiger partial charge is 0.338 e. The minimum absolute atomic E-state index is 0.134. The molecule has 0 fully saturated rings. The van der Waals surface area contributed by atoms with Crippen molar-refractivity contribution in [3.8, 4) is 0 Å². The van der Waals surface area contributed by atoms with E-state index in [4.69, 9.17) is 4.74 Å². The van der Waals surface area contributed by atoms with Crippen LogP contribution < -0.4 is 5.32 Å². The minimum atomic E-state index is -0.359. The number of benzene rings is 1. The Hall–Kier alpha value is -1.84. The summed E-state index contributed by atoms with van der Waals surface area (Å²) < 4.78 is 5.01. The maximum Gasteiger partial charge on any atom is 0.338 e. The number of carbonyl (C=O) groups is 2. The molecule has 1 aromatic carbocycles. The van der Waals surface area contributed by atoms with Crippen LogP contribution in [0.15, 0.2) is 24.3 Å². The van der Waals surface area contributed by atoms with Gasteiger partial charge in [-0.05, 0) is 38.1 Å². The Morgan fingerprint density at radius 1 is 1.33 bits per heavy atom. The van der Waals surface area contributed by atoms with E-state index in [1.54, 1.807) is 38.1 Å². The second kappa shape index (κ2) is 5.14. The first-order valence-corrected chi connectivity index (χ1v) is 4.64. The van der Waals surface area contributed by atoms with Gasteiger partial charge < -0.3 is 10.1 Å². The minimum Gasteiger partial charge on any atom is -0.459 e. The molecule has 0 aliphatic rings. The molecule has 1 N–H and O–H groups in total. The number of rotatable bonds is 4. The highest BCUT2D eigenvalue weighted by molar-refractivity contribution is 5.90. The van der Waals surface area contributed by atoms with E-state index in [0.717, 1.165) is 0 Å². The molecule has 1 rings (SSSR count). The van der Waals surface area contributed by atoms with Crippen LogP contribution in [0.3, 0.4) is 0 Å². The van der Waals surface area contributed by atoms with Gasteiger partial charge in [-0.25, -0.2) is 4.79 Å². The Morgan fingerprint density at radius 3 is 2.40 bits per heavy atom. The monoisotopic (exact) mass is 207 g/mol. The van der Waals surface area contributed by atoms with Crippen molar-refractivity contribution < 1.29 is 14.3 Å². The van der Waals surface area contributed by atoms with Gasteiger partial charge >= 0.3 is 5.97 Å². The Bertz CT molecular complexity index is 343. The molecule has 0 aromatic heterocycles. The topological polar surface area (TPSA) is 55.4 Å². The average molecular weight is 207 g/mol. The van der Waals surface area contributed by atoms with Crippen LogP contribution in [0.1, 0.15) is 24.2 Å². The molecule has 1 aromatic rings. The summed E-state index contributed by atoms with van der Waals surface area (Å²) in [5, 5.41) is 2.48. The number of hydrogen-bond acceptors (Lipinski definition) is 3. The second-order valence-corrected chi connectivity index (χ2v) is 3.29. The largest absolute Gasteiger partial charge is 0.459 e. The number of carbonyl (C=O) groups excluding carboxylic acids is 2. The fraction of sp³-hybridized carbons (Fsp3) is 0.273. The summed E-state index contributed by atoms with van der Waals surface area (Å²) in [5.74, 6) is -0.359. The highest BCUT2D eigenvalue weighted by Crippen LogP contribution is 2.10. The van der Waals surface area contributed by atoms with E-state index in [-0.39, 0.29) is 12.1 Å². The number of esters is 1. The predicted octanol–water partition coefficient (Wildman–Crippen LogP) is 1.82. The van der Waals surface area contributed by atoms with Gasteiger partial charge in [-0.15, -0.1) is 0 Å². The van der Waals surface area contributed by atoms with E-state index in [9.17, 15) is 9.59 Å². The first-order valence-electron chi connectivity index (χ1n) is 4.64. The first kappa shape index (κ1) is 11.2. The van der Waals surface area contributed by atoms with E-state index in [2.05, 4.69) is 5.32 Å². The molecule has 0 spiro atoms. The number of anilines is 1. The molecule has 4 nitrogen and oxygen atoms in total. The summed E-state index contributed by atoms with van der Waals surface area (Å²) >= 11 is 0.